The number of halogens is 1. The molecule has 3 rings (SSSR count). The van der Waals surface area contributed by atoms with E-state index in [2.05, 4.69) is 30.7 Å². The standard InChI is InChI=1S/C17H20FN7/c1-4-9-25-23-16(22-24-25)14-10-19-11-20-15(14)21-13-7-5-12(6-8-13)17(2,3)18/h5-8,10-11H,4,9H2,1-3H3,(H,19,20,21). The Labute approximate surface area is 145 Å². The first-order valence-electron chi connectivity index (χ1n) is 8.12. The number of benzene rings is 1. The number of alkyl halides is 1. The molecule has 1 N–H and O–H groups in total. The van der Waals surface area contributed by atoms with E-state index in [1.807, 2.05) is 19.1 Å². The summed E-state index contributed by atoms with van der Waals surface area (Å²) in [5, 5.41) is 15.6. The molecule has 7 nitrogen and oxygen atoms in total. The third kappa shape index (κ3) is 3.96. The quantitative estimate of drug-likeness (QED) is 0.739. The summed E-state index contributed by atoms with van der Waals surface area (Å²) in [5.41, 5.74) is 0.680. The summed E-state index contributed by atoms with van der Waals surface area (Å²) < 4.78 is 14.0. The third-order valence-corrected chi connectivity index (χ3v) is 3.66. The molecule has 1 aromatic carbocycles. The van der Waals surface area contributed by atoms with Gasteiger partial charge in [-0.1, -0.05) is 19.1 Å². The number of aromatic nitrogens is 6. The van der Waals surface area contributed by atoms with E-state index in [1.165, 1.54) is 20.2 Å². The second kappa shape index (κ2) is 6.92. The lowest BCUT2D eigenvalue weighted by Crippen LogP contribution is -2.08. The van der Waals surface area contributed by atoms with Crippen molar-refractivity contribution in [3.8, 4) is 11.4 Å². The highest BCUT2D eigenvalue weighted by Crippen LogP contribution is 2.28. The van der Waals surface area contributed by atoms with Crippen LogP contribution in [0.3, 0.4) is 0 Å². The summed E-state index contributed by atoms with van der Waals surface area (Å²) in [5.74, 6) is 1.02. The Morgan fingerprint density at radius 2 is 1.96 bits per heavy atom. The van der Waals surface area contributed by atoms with Crippen molar-refractivity contribution in [1.82, 2.24) is 30.2 Å². The highest BCUT2D eigenvalue weighted by atomic mass is 19.1. The SMILES string of the molecule is CCCn1nnc(-c2cncnc2Nc2ccc(C(C)(C)F)cc2)n1. The van der Waals surface area contributed by atoms with Crippen LogP contribution in [0.1, 0.15) is 32.8 Å². The van der Waals surface area contributed by atoms with Gasteiger partial charge < -0.3 is 5.32 Å². The first kappa shape index (κ1) is 16.9. The minimum Gasteiger partial charge on any atom is -0.340 e. The molecule has 0 atom stereocenters. The zero-order valence-corrected chi connectivity index (χ0v) is 14.4. The van der Waals surface area contributed by atoms with Gasteiger partial charge in [0.2, 0.25) is 5.82 Å². The highest BCUT2D eigenvalue weighted by molar-refractivity contribution is 5.73. The van der Waals surface area contributed by atoms with Crippen LogP contribution in [0.15, 0.2) is 36.8 Å². The third-order valence-electron chi connectivity index (χ3n) is 3.66. The smallest absolute Gasteiger partial charge is 0.210 e. The molecule has 0 bridgehead atoms. The molecule has 0 saturated heterocycles. The zero-order valence-electron chi connectivity index (χ0n) is 14.4. The number of hydrogen-bond donors (Lipinski definition) is 1. The molecule has 25 heavy (non-hydrogen) atoms. The van der Waals surface area contributed by atoms with Crippen LogP contribution in [0.5, 0.6) is 0 Å². The fraction of sp³-hybridized carbons (Fsp3) is 0.353. The molecule has 130 valence electrons. The molecule has 2 aromatic heterocycles. The van der Waals surface area contributed by atoms with Gasteiger partial charge in [0, 0.05) is 11.9 Å². The normalized spacial score (nSPS) is 11.5. The molecular formula is C17H20FN7. The van der Waals surface area contributed by atoms with Crippen molar-refractivity contribution in [2.24, 2.45) is 0 Å². The van der Waals surface area contributed by atoms with Crippen molar-refractivity contribution in [2.45, 2.75) is 39.4 Å². The molecule has 8 heteroatoms. The number of aryl methyl sites for hydroxylation is 1. The Bertz CT molecular complexity index is 837. The van der Waals surface area contributed by atoms with Gasteiger partial charge in [0.15, 0.2) is 0 Å². The summed E-state index contributed by atoms with van der Waals surface area (Å²) in [6.07, 6.45) is 4.01. The van der Waals surface area contributed by atoms with Crippen LogP contribution in [0, 0.1) is 0 Å². The van der Waals surface area contributed by atoms with Gasteiger partial charge in [-0.3, -0.25) is 0 Å². The van der Waals surface area contributed by atoms with E-state index in [0.29, 0.717) is 29.3 Å². The van der Waals surface area contributed by atoms with E-state index < -0.39 is 5.67 Å². The first-order valence-corrected chi connectivity index (χ1v) is 8.12. The van der Waals surface area contributed by atoms with Crippen molar-refractivity contribution in [2.75, 3.05) is 5.32 Å². The van der Waals surface area contributed by atoms with Crippen LogP contribution in [0.25, 0.3) is 11.4 Å². The Balaban J connectivity index is 1.85. The van der Waals surface area contributed by atoms with Gasteiger partial charge in [0.1, 0.15) is 17.8 Å². The summed E-state index contributed by atoms with van der Waals surface area (Å²) in [7, 11) is 0. The van der Waals surface area contributed by atoms with Crippen LogP contribution in [0.2, 0.25) is 0 Å². The number of anilines is 2. The lowest BCUT2D eigenvalue weighted by Gasteiger charge is -2.15. The lowest BCUT2D eigenvalue weighted by atomic mass is 10.0. The maximum absolute atomic E-state index is 14.0. The molecular weight excluding hydrogens is 321 g/mol. The highest BCUT2D eigenvalue weighted by Gasteiger charge is 2.18. The lowest BCUT2D eigenvalue weighted by molar-refractivity contribution is 0.221. The molecule has 0 aliphatic heterocycles. The van der Waals surface area contributed by atoms with Gasteiger partial charge in [-0.15, -0.1) is 10.2 Å². The van der Waals surface area contributed by atoms with Gasteiger partial charge in [-0.05, 0) is 43.2 Å². The van der Waals surface area contributed by atoms with Crippen molar-refractivity contribution in [3.05, 3.63) is 42.4 Å². The zero-order chi connectivity index (χ0) is 17.9. The van der Waals surface area contributed by atoms with Gasteiger partial charge in [0.25, 0.3) is 0 Å². The van der Waals surface area contributed by atoms with Crippen molar-refractivity contribution >= 4 is 11.5 Å². The van der Waals surface area contributed by atoms with E-state index in [0.717, 1.165) is 12.1 Å². The maximum Gasteiger partial charge on any atom is 0.210 e. The molecule has 0 aliphatic rings. The summed E-state index contributed by atoms with van der Waals surface area (Å²) in [6, 6.07) is 7.12. The second-order valence-corrected chi connectivity index (χ2v) is 6.17. The Hall–Kier alpha value is -2.90. The van der Waals surface area contributed by atoms with Crippen LogP contribution >= 0.6 is 0 Å². The Kier molecular flexibility index (Phi) is 4.69. The van der Waals surface area contributed by atoms with E-state index in [1.54, 1.807) is 23.1 Å². The number of nitrogens with zero attached hydrogens (tertiary/aromatic N) is 6. The second-order valence-electron chi connectivity index (χ2n) is 6.17. The largest absolute Gasteiger partial charge is 0.340 e. The monoisotopic (exact) mass is 341 g/mol. The average Bonchev–Trinajstić information content (AvgIpc) is 3.04. The Morgan fingerprint density at radius 3 is 2.64 bits per heavy atom. The van der Waals surface area contributed by atoms with Gasteiger partial charge in [-0.25, -0.2) is 14.4 Å². The minimum absolute atomic E-state index is 0.457. The predicted molar refractivity (Wildman–Crippen MR) is 93.0 cm³/mol. The number of tetrazole rings is 1. The van der Waals surface area contributed by atoms with Crippen LogP contribution < -0.4 is 5.32 Å². The van der Waals surface area contributed by atoms with E-state index in [9.17, 15) is 4.39 Å². The van der Waals surface area contributed by atoms with Crippen molar-refractivity contribution < 1.29 is 4.39 Å². The van der Waals surface area contributed by atoms with Crippen LogP contribution in [-0.4, -0.2) is 30.2 Å². The fourth-order valence-electron chi connectivity index (χ4n) is 2.33. The van der Waals surface area contributed by atoms with E-state index in [4.69, 9.17) is 0 Å². The summed E-state index contributed by atoms with van der Waals surface area (Å²) >= 11 is 0. The fourth-order valence-corrected chi connectivity index (χ4v) is 2.33. The first-order chi connectivity index (χ1) is 12.0. The summed E-state index contributed by atoms with van der Waals surface area (Å²) in [4.78, 5) is 9.86. The van der Waals surface area contributed by atoms with Gasteiger partial charge in [0.05, 0.1) is 12.1 Å². The maximum atomic E-state index is 14.0. The predicted octanol–water partition coefficient (Wildman–Crippen LogP) is 3.49. The Morgan fingerprint density at radius 1 is 1.20 bits per heavy atom. The molecule has 3 aromatic rings. The molecule has 0 radical (unpaired) electrons. The van der Waals surface area contributed by atoms with Crippen LogP contribution in [-0.2, 0) is 12.2 Å². The van der Waals surface area contributed by atoms with E-state index in [-0.39, 0.29) is 0 Å². The number of hydrogen-bond acceptors (Lipinski definition) is 6. The van der Waals surface area contributed by atoms with Gasteiger partial charge in [-0.2, -0.15) is 4.80 Å². The van der Waals surface area contributed by atoms with Crippen molar-refractivity contribution in [1.29, 1.82) is 0 Å². The molecule has 0 spiro atoms. The molecule has 0 unspecified atom stereocenters. The van der Waals surface area contributed by atoms with Crippen LogP contribution in [0.4, 0.5) is 15.9 Å². The van der Waals surface area contributed by atoms with Crippen molar-refractivity contribution in [3.63, 3.8) is 0 Å². The molecule has 0 aliphatic carbocycles. The van der Waals surface area contributed by atoms with Gasteiger partial charge >= 0.3 is 0 Å². The molecule has 0 amide bonds. The van der Waals surface area contributed by atoms with E-state index >= 15 is 0 Å². The minimum atomic E-state index is -1.37. The molecule has 2 heterocycles. The summed E-state index contributed by atoms with van der Waals surface area (Å²) in [6.45, 7) is 5.81. The topological polar surface area (TPSA) is 81.4 Å². The number of rotatable bonds is 6. The average molecular weight is 341 g/mol. The molecule has 0 saturated carbocycles. The number of nitrogens with one attached hydrogen (secondary N) is 1. The molecule has 0 fully saturated rings.